The Hall–Kier alpha value is -2.45. The molecule has 1 heterocycles. The van der Waals surface area contributed by atoms with E-state index < -0.39 is 24.7 Å². The highest BCUT2D eigenvalue weighted by atomic mass is 19.4. The molecule has 1 amide bonds. The largest absolute Gasteiger partial charge is 0.481 e. The second kappa shape index (κ2) is 6.76. The van der Waals surface area contributed by atoms with Gasteiger partial charge in [-0.15, -0.1) is 0 Å². The first-order chi connectivity index (χ1) is 10.7. The van der Waals surface area contributed by atoms with Gasteiger partial charge in [0.1, 0.15) is 12.4 Å². The number of ether oxygens (including phenoxy) is 2. The van der Waals surface area contributed by atoms with Gasteiger partial charge in [0.15, 0.2) is 6.10 Å². The lowest BCUT2D eigenvalue weighted by Crippen LogP contribution is -2.37. The molecule has 0 bridgehead atoms. The predicted molar refractivity (Wildman–Crippen MR) is 77.2 cm³/mol. The van der Waals surface area contributed by atoms with Crippen molar-refractivity contribution in [3.05, 3.63) is 24.3 Å². The topological polar surface area (TPSA) is 85.9 Å². The van der Waals surface area contributed by atoms with Crippen LogP contribution >= 0.6 is 0 Å². The molecule has 2 atom stereocenters. The Balaban J connectivity index is 2.04. The maximum atomic E-state index is 13.1. The number of carbonyl (C=O) groups is 1. The van der Waals surface area contributed by atoms with Gasteiger partial charge < -0.3 is 20.5 Å². The monoisotopic (exact) mass is 331 g/mol. The molecule has 0 aromatic heterocycles. The molecule has 3 N–H and O–H groups in total. The first-order valence-electron chi connectivity index (χ1n) is 6.81. The van der Waals surface area contributed by atoms with E-state index in [0.29, 0.717) is 5.69 Å². The van der Waals surface area contributed by atoms with Gasteiger partial charge in [-0.05, 0) is 24.3 Å². The summed E-state index contributed by atoms with van der Waals surface area (Å²) in [6.07, 6.45) is -6.97. The number of hydrogen-bond acceptors (Lipinski definition) is 5. The standard InChI is InChI=1S/C14H16F3N3O3/c1-8(21)19-9-2-4-11(5-3-9)23-12(14(15,16)17)6-10-7-22-13(18)20-10/h2-5,10,12H,6-7H2,1H3,(H2,18,20)(H,19,21)/t10-,12+/m0/s1. The molecule has 6 nitrogen and oxygen atoms in total. The zero-order valence-electron chi connectivity index (χ0n) is 12.3. The van der Waals surface area contributed by atoms with Crippen molar-refractivity contribution in [1.82, 2.24) is 0 Å². The Morgan fingerprint density at radius 2 is 2.13 bits per heavy atom. The van der Waals surface area contributed by atoms with E-state index in [1.807, 2.05) is 0 Å². The molecule has 0 fully saturated rings. The number of hydrogen-bond donors (Lipinski definition) is 2. The SMILES string of the molecule is CC(=O)Nc1ccc(O[C@H](C[C@H]2COC(N)=N2)C(F)(F)F)cc1. The summed E-state index contributed by atoms with van der Waals surface area (Å²) in [6, 6.07) is 4.81. The van der Waals surface area contributed by atoms with Crippen molar-refractivity contribution >= 4 is 17.6 Å². The number of nitrogens with zero attached hydrogens (tertiary/aromatic N) is 1. The number of amidine groups is 1. The fraction of sp³-hybridized carbons (Fsp3) is 0.429. The number of benzene rings is 1. The minimum Gasteiger partial charge on any atom is -0.481 e. The van der Waals surface area contributed by atoms with Crippen LogP contribution in [0.15, 0.2) is 29.3 Å². The van der Waals surface area contributed by atoms with E-state index in [9.17, 15) is 18.0 Å². The van der Waals surface area contributed by atoms with Crippen LogP contribution in [0.25, 0.3) is 0 Å². The lowest BCUT2D eigenvalue weighted by atomic mass is 10.1. The Bertz CT molecular complexity index is 587. The molecule has 1 aromatic carbocycles. The number of alkyl halides is 3. The fourth-order valence-electron chi connectivity index (χ4n) is 2.04. The first kappa shape index (κ1) is 16.9. The van der Waals surface area contributed by atoms with Gasteiger partial charge in [0, 0.05) is 19.0 Å². The summed E-state index contributed by atoms with van der Waals surface area (Å²) in [5.41, 5.74) is 5.76. The molecule has 0 aliphatic carbocycles. The second-order valence-corrected chi connectivity index (χ2v) is 5.02. The summed E-state index contributed by atoms with van der Waals surface area (Å²) in [5.74, 6) is -0.235. The Kier molecular flexibility index (Phi) is 4.97. The molecule has 0 saturated carbocycles. The summed E-state index contributed by atoms with van der Waals surface area (Å²) < 4.78 is 49.2. The Labute approximate surface area is 130 Å². The van der Waals surface area contributed by atoms with E-state index in [2.05, 4.69) is 10.3 Å². The molecule has 1 aliphatic heterocycles. The molecule has 9 heteroatoms. The number of nitrogens with one attached hydrogen (secondary N) is 1. The van der Waals surface area contributed by atoms with Gasteiger partial charge in [-0.25, -0.2) is 4.99 Å². The van der Waals surface area contributed by atoms with Gasteiger partial charge in [-0.3, -0.25) is 4.79 Å². The molecule has 2 rings (SSSR count). The van der Waals surface area contributed by atoms with E-state index >= 15 is 0 Å². The Morgan fingerprint density at radius 3 is 2.61 bits per heavy atom. The van der Waals surface area contributed by atoms with E-state index in [1.165, 1.54) is 31.2 Å². The average Bonchev–Trinajstić information content (AvgIpc) is 2.84. The molecule has 126 valence electrons. The maximum absolute atomic E-state index is 13.1. The number of amides is 1. The van der Waals surface area contributed by atoms with Crippen LogP contribution in [0.1, 0.15) is 13.3 Å². The van der Waals surface area contributed by atoms with Crippen LogP contribution in [0.3, 0.4) is 0 Å². The smallest absolute Gasteiger partial charge is 0.425 e. The van der Waals surface area contributed by atoms with Crippen LogP contribution in [0, 0.1) is 0 Å². The average molecular weight is 331 g/mol. The molecule has 0 unspecified atom stereocenters. The number of nitrogens with two attached hydrogens (primary N) is 1. The third-order valence-electron chi connectivity index (χ3n) is 3.04. The third-order valence-corrected chi connectivity index (χ3v) is 3.04. The van der Waals surface area contributed by atoms with Crippen molar-refractivity contribution in [2.45, 2.75) is 31.7 Å². The van der Waals surface area contributed by atoms with Crippen molar-refractivity contribution in [2.24, 2.45) is 10.7 Å². The molecular weight excluding hydrogens is 315 g/mol. The lowest BCUT2D eigenvalue weighted by molar-refractivity contribution is -0.197. The Morgan fingerprint density at radius 1 is 1.48 bits per heavy atom. The van der Waals surface area contributed by atoms with Crippen molar-refractivity contribution in [3.8, 4) is 5.75 Å². The summed E-state index contributed by atoms with van der Waals surface area (Å²) in [6.45, 7) is 1.34. The minimum absolute atomic E-state index is 0.00322. The first-order valence-corrected chi connectivity index (χ1v) is 6.81. The normalized spacial score (nSPS) is 18.8. The fourth-order valence-corrected chi connectivity index (χ4v) is 2.04. The highest BCUT2D eigenvalue weighted by Gasteiger charge is 2.43. The molecule has 23 heavy (non-hydrogen) atoms. The van der Waals surface area contributed by atoms with Gasteiger partial charge in [0.2, 0.25) is 5.91 Å². The van der Waals surface area contributed by atoms with Crippen LogP contribution in [-0.2, 0) is 9.53 Å². The summed E-state index contributed by atoms with van der Waals surface area (Å²) in [4.78, 5) is 14.7. The molecule has 0 radical (unpaired) electrons. The maximum Gasteiger partial charge on any atom is 0.425 e. The predicted octanol–water partition coefficient (Wildman–Crippen LogP) is 2.06. The van der Waals surface area contributed by atoms with Crippen molar-refractivity contribution < 1.29 is 27.4 Å². The zero-order valence-corrected chi connectivity index (χ0v) is 12.3. The summed E-state index contributed by atoms with van der Waals surface area (Å²) in [7, 11) is 0. The van der Waals surface area contributed by atoms with Crippen molar-refractivity contribution in [3.63, 3.8) is 0 Å². The van der Waals surface area contributed by atoms with Gasteiger partial charge in [-0.2, -0.15) is 13.2 Å². The number of halogens is 3. The van der Waals surface area contributed by atoms with Crippen molar-refractivity contribution in [1.29, 1.82) is 0 Å². The van der Waals surface area contributed by atoms with E-state index in [-0.39, 0.29) is 24.3 Å². The van der Waals surface area contributed by atoms with Crippen LogP contribution in [-0.4, -0.2) is 36.9 Å². The number of carbonyl (C=O) groups excluding carboxylic acids is 1. The quantitative estimate of drug-likeness (QED) is 0.865. The highest BCUT2D eigenvalue weighted by molar-refractivity contribution is 5.88. The van der Waals surface area contributed by atoms with Crippen LogP contribution in [0.5, 0.6) is 5.75 Å². The number of aliphatic imine (C=N–C) groups is 1. The summed E-state index contributed by atoms with van der Waals surface area (Å²) in [5, 5.41) is 2.51. The summed E-state index contributed by atoms with van der Waals surface area (Å²) >= 11 is 0. The zero-order chi connectivity index (χ0) is 17.0. The van der Waals surface area contributed by atoms with Crippen molar-refractivity contribution in [2.75, 3.05) is 11.9 Å². The molecule has 1 aromatic rings. The van der Waals surface area contributed by atoms with Crippen LogP contribution in [0.2, 0.25) is 0 Å². The van der Waals surface area contributed by atoms with Crippen LogP contribution < -0.4 is 15.8 Å². The number of anilines is 1. The van der Waals surface area contributed by atoms with Crippen LogP contribution in [0.4, 0.5) is 18.9 Å². The number of rotatable bonds is 5. The van der Waals surface area contributed by atoms with Gasteiger partial charge in [0.05, 0.1) is 6.04 Å². The third kappa shape index (κ3) is 5.04. The van der Waals surface area contributed by atoms with E-state index in [0.717, 1.165) is 0 Å². The minimum atomic E-state index is -4.55. The van der Waals surface area contributed by atoms with Gasteiger partial charge in [-0.1, -0.05) is 0 Å². The molecule has 1 aliphatic rings. The van der Waals surface area contributed by atoms with E-state index in [4.69, 9.17) is 15.2 Å². The lowest BCUT2D eigenvalue weighted by Gasteiger charge is -2.23. The van der Waals surface area contributed by atoms with E-state index in [1.54, 1.807) is 0 Å². The molecular formula is C14H16F3N3O3. The molecule has 0 spiro atoms. The molecule has 0 saturated heterocycles. The van der Waals surface area contributed by atoms with Gasteiger partial charge >= 0.3 is 6.18 Å². The highest BCUT2D eigenvalue weighted by Crippen LogP contribution is 2.30. The second-order valence-electron chi connectivity index (χ2n) is 5.02. The van der Waals surface area contributed by atoms with Gasteiger partial charge in [0.25, 0.3) is 6.02 Å².